The van der Waals surface area contributed by atoms with Crippen LogP contribution < -0.4 is 15.4 Å². The fraction of sp³-hybridized carbons (Fsp3) is 0.474. The zero-order chi connectivity index (χ0) is 20.8. The van der Waals surface area contributed by atoms with Crippen LogP contribution in [0.1, 0.15) is 31.9 Å². The number of alkyl halides is 3. The molecule has 0 unspecified atom stereocenters. The van der Waals surface area contributed by atoms with Gasteiger partial charge in [0.25, 0.3) is 0 Å². The molecule has 2 rings (SSSR count). The summed E-state index contributed by atoms with van der Waals surface area (Å²) in [5.74, 6) is 0.598. The Balaban J connectivity index is 2.02. The number of halogens is 3. The van der Waals surface area contributed by atoms with Crippen molar-refractivity contribution in [2.75, 3.05) is 13.6 Å². The van der Waals surface area contributed by atoms with Crippen molar-refractivity contribution in [1.29, 1.82) is 0 Å². The highest BCUT2D eigenvalue weighted by Crippen LogP contribution is 2.35. The van der Waals surface area contributed by atoms with Crippen molar-refractivity contribution in [1.82, 2.24) is 20.4 Å². The Labute approximate surface area is 162 Å². The van der Waals surface area contributed by atoms with E-state index in [9.17, 15) is 13.2 Å². The van der Waals surface area contributed by atoms with E-state index in [0.29, 0.717) is 19.0 Å². The van der Waals surface area contributed by atoms with Crippen LogP contribution in [0.5, 0.6) is 5.75 Å². The predicted molar refractivity (Wildman–Crippen MR) is 102 cm³/mol. The lowest BCUT2D eigenvalue weighted by Crippen LogP contribution is -2.38. The second-order valence-electron chi connectivity index (χ2n) is 7.15. The fourth-order valence-electron chi connectivity index (χ4n) is 2.51. The van der Waals surface area contributed by atoms with E-state index in [1.165, 1.54) is 6.07 Å². The number of nitrogens with zero attached hydrogens (tertiary/aromatic N) is 3. The minimum atomic E-state index is -4.48. The van der Waals surface area contributed by atoms with Gasteiger partial charge in [0.15, 0.2) is 5.96 Å². The molecule has 0 amide bonds. The van der Waals surface area contributed by atoms with Crippen molar-refractivity contribution in [3.63, 3.8) is 0 Å². The number of rotatable bonds is 6. The summed E-state index contributed by atoms with van der Waals surface area (Å²) >= 11 is 0. The van der Waals surface area contributed by atoms with Gasteiger partial charge in [-0.25, -0.2) is 0 Å². The lowest BCUT2D eigenvalue weighted by Gasteiger charge is -2.23. The number of hydrogen-bond donors (Lipinski definition) is 2. The molecule has 0 spiro atoms. The van der Waals surface area contributed by atoms with Crippen LogP contribution in [0, 0.1) is 0 Å². The molecule has 9 heteroatoms. The Morgan fingerprint density at radius 1 is 1.21 bits per heavy atom. The fourth-order valence-corrected chi connectivity index (χ4v) is 2.51. The first-order chi connectivity index (χ1) is 13.1. The predicted octanol–water partition coefficient (Wildman–Crippen LogP) is 3.44. The molecule has 0 atom stereocenters. The first-order valence-electron chi connectivity index (χ1n) is 8.89. The minimum Gasteiger partial charge on any atom is -0.488 e. The molecule has 1 heterocycles. The van der Waals surface area contributed by atoms with Crippen molar-refractivity contribution in [3.05, 3.63) is 47.8 Å². The maximum absolute atomic E-state index is 13.5. The maximum atomic E-state index is 13.5. The Morgan fingerprint density at radius 3 is 2.54 bits per heavy atom. The van der Waals surface area contributed by atoms with Crippen LogP contribution in [0.15, 0.2) is 41.7 Å². The van der Waals surface area contributed by atoms with Crippen molar-refractivity contribution in [2.24, 2.45) is 4.99 Å². The van der Waals surface area contributed by atoms with Gasteiger partial charge in [0, 0.05) is 32.5 Å². The average Bonchev–Trinajstić information content (AvgIpc) is 3.10. The van der Waals surface area contributed by atoms with E-state index in [-0.39, 0.29) is 17.9 Å². The molecule has 0 bridgehead atoms. The highest BCUT2D eigenvalue weighted by Gasteiger charge is 2.34. The third-order valence-electron chi connectivity index (χ3n) is 3.67. The van der Waals surface area contributed by atoms with E-state index in [0.717, 1.165) is 6.07 Å². The minimum absolute atomic E-state index is 0.0217. The quantitative estimate of drug-likeness (QED) is 0.579. The highest BCUT2D eigenvalue weighted by molar-refractivity contribution is 5.79. The molecule has 28 heavy (non-hydrogen) atoms. The summed E-state index contributed by atoms with van der Waals surface area (Å²) in [6.45, 7) is 6.48. The molecule has 154 valence electrons. The zero-order valence-corrected chi connectivity index (χ0v) is 16.5. The van der Waals surface area contributed by atoms with Crippen LogP contribution >= 0.6 is 0 Å². The van der Waals surface area contributed by atoms with Gasteiger partial charge in [-0.1, -0.05) is 6.07 Å². The molecular formula is C19H26F3N5O. The molecule has 1 aromatic carbocycles. The van der Waals surface area contributed by atoms with E-state index in [1.807, 2.05) is 12.3 Å². The highest BCUT2D eigenvalue weighted by atomic mass is 19.4. The topological polar surface area (TPSA) is 63.5 Å². The summed E-state index contributed by atoms with van der Waals surface area (Å²) in [5.41, 5.74) is -1.19. The van der Waals surface area contributed by atoms with Crippen LogP contribution in [0.2, 0.25) is 0 Å². The average molecular weight is 397 g/mol. The molecule has 2 N–H and O–H groups in total. The van der Waals surface area contributed by atoms with Gasteiger partial charge in [-0.3, -0.25) is 9.67 Å². The van der Waals surface area contributed by atoms with Crippen molar-refractivity contribution in [3.8, 4) is 5.75 Å². The van der Waals surface area contributed by atoms with Gasteiger partial charge in [0.1, 0.15) is 11.4 Å². The van der Waals surface area contributed by atoms with E-state index in [4.69, 9.17) is 4.74 Å². The summed E-state index contributed by atoms with van der Waals surface area (Å²) in [6.07, 6.45) is -0.973. The van der Waals surface area contributed by atoms with Crippen LogP contribution in [-0.2, 0) is 19.3 Å². The summed E-state index contributed by atoms with van der Waals surface area (Å²) in [6, 6.07) is 5.83. The summed E-state index contributed by atoms with van der Waals surface area (Å²) < 4.78 is 47.8. The Hall–Kier alpha value is -2.71. The molecule has 2 aromatic rings. The molecule has 1 aromatic heterocycles. The second-order valence-corrected chi connectivity index (χ2v) is 7.15. The van der Waals surface area contributed by atoms with Gasteiger partial charge in [0.2, 0.25) is 0 Å². The second kappa shape index (κ2) is 8.99. The smallest absolute Gasteiger partial charge is 0.416 e. The Kier molecular flexibility index (Phi) is 6.93. The van der Waals surface area contributed by atoms with Crippen molar-refractivity contribution in [2.45, 2.75) is 45.6 Å². The number of benzene rings is 1. The molecule has 0 radical (unpaired) electrons. The molecule has 0 aliphatic carbocycles. The monoisotopic (exact) mass is 397 g/mol. The third kappa shape index (κ3) is 6.79. The number of aliphatic imine (C=N–C) groups is 1. The third-order valence-corrected chi connectivity index (χ3v) is 3.67. The van der Waals surface area contributed by atoms with E-state index < -0.39 is 17.3 Å². The van der Waals surface area contributed by atoms with Gasteiger partial charge in [0.05, 0.1) is 12.1 Å². The van der Waals surface area contributed by atoms with Crippen LogP contribution in [0.3, 0.4) is 0 Å². The number of aromatic nitrogens is 2. The van der Waals surface area contributed by atoms with Crippen LogP contribution in [0.4, 0.5) is 13.2 Å². The maximum Gasteiger partial charge on any atom is 0.416 e. The summed E-state index contributed by atoms with van der Waals surface area (Å²) in [5, 5.41) is 10.0. The molecular weight excluding hydrogens is 371 g/mol. The van der Waals surface area contributed by atoms with Gasteiger partial charge in [-0.2, -0.15) is 18.3 Å². The van der Waals surface area contributed by atoms with E-state index in [2.05, 4.69) is 20.7 Å². The number of nitrogens with one attached hydrogen (secondary N) is 2. The van der Waals surface area contributed by atoms with Gasteiger partial charge >= 0.3 is 6.18 Å². The standard InChI is InChI=1S/C19H26F3N5O/c1-18(2,3)28-15-7-6-14(16(12-15)19(20,21)22)13-25-17(23-4)24-9-11-27-10-5-8-26-27/h5-8,10,12H,9,11,13H2,1-4H3,(H2,23,24,25). The normalized spacial score (nSPS) is 12.8. The van der Waals surface area contributed by atoms with Gasteiger partial charge < -0.3 is 15.4 Å². The van der Waals surface area contributed by atoms with Crippen molar-refractivity contribution >= 4 is 5.96 Å². The molecule has 0 saturated heterocycles. The Bertz CT molecular complexity index is 780. The van der Waals surface area contributed by atoms with Crippen molar-refractivity contribution < 1.29 is 17.9 Å². The van der Waals surface area contributed by atoms with Gasteiger partial charge in [-0.05, 0) is 44.5 Å². The summed E-state index contributed by atoms with van der Waals surface area (Å²) in [4.78, 5) is 4.04. The van der Waals surface area contributed by atoms with E-state index >= 15 is 0 Å². The number of guanidine groups is 1. The molecule has 0 aliphatic heterocycles. The first kappa shape index (κ1) is 21.6. The molecule has 6 nitrogen and oxygen atoms in total. The van der Waals surface area contributed by atoms with E-state index in [1.54, 1.807) is 44.8 Å². The number of ether oxygens (including phenoxy) is 1. The zero-order valence-electron chi connectivity index (χ0n) is 16.5. The first-order valence-corrected chi connectivity index (χ1v) is 8.89. The SMILES string of the molecule is CN=C(NCCn1cccn1)NCc1ccc(OC(C)(C)C)cc1C(F)(F)F. The molecule has 0 fully saturated rings. The largest absolute Gasteiger partial charge is 0.488 e. The lowest BCUT2D eigenvalue weighted by molar-refractivity contribution is -0.138. The molecule has 0 aliphatic rings. The van der Waals surface area contributed by atoms with Gasteiger partial charge in [-0.15, -0.1) is 0 Å². The van der Waals surface area contributed by atoms with Crippen LogP contribution in [-0.4, -0.2) is 34.9 Å². The molecule has 0 saturated carbocycles. The number of hydrogen-bond acceptors (Lipinski definition) is 3. The van der Waals surface area contributed by atoms with Crippen LogP contribution in [0.25, 0.3) is 0 Å². The lowest BCUT2D eigenvalue weighted by atomic mass is 10.1. The Morgan fingerprint density at radius 2 is 1.96 bits per heavy atom. The summed E-state index contributed by atoms with van der Waals surface area (Å²) in [7, 11) is 1.56.